The largest absolute Gasteiger partial charge is 0.494 e. The average molecular weight is 287 g/mol. The van der Waals surface area contributed by atoms with Crippen molar-refractivity contribution in [1.29, 1.82) is 0 Å². The maximum absolute atomic E-state index is 5.37. The van der Waals surface area contributed by atoms with Crippen molar-refractivity contribution in [2.75, 3.05) is 19.5 Å². The number of anilines is 2. The van der Waals surface area contributed by atoms with Gasteiger partial charge in [-0.25, -0.2) is 9.97 Å². The predicted octanol–water partition coefficient (Wildman–Crippen LogP) is 3.45. The molecule has 0 fully saturated rings. The summed E-state index contributed by atoms with van der Waals surface area (Å²) in [6.07, 6.45) is 1.54. The van der Waals surface area contributed by atoms with Gasteiger partial charge in [0.25, 0.3) is 0 Å². The zero-order valence-corrected chi connectivity index (χ0v) is 11.9. The Bertz CT molecular complexity index is 720. The molecule has 6 heteroatoms. The average Bonchev–Trinajstić information content (AvgIpc) is 2.97. The summed E-state index contributed by atoms with van der Waals surface area (Å²) in [6.45, 7) is 0. The number of hydrogen-bond donors (Lipinski definition) is 1. The lowest BCUT2D eigenvalue weighted by Gasteiger charge is -2.14. The molecule has 0 spiro atoms. The third kappa shape index (κ3) is 2.14. The number of hydrogen-bond acceptors (Lipinski definition) is 6. The van der Waals surface area contributed by atoms with Crippen LogP contribution in [0.3, 0.4) is 0 Å². The van der Waals surface area contributed by atoms with Gasteiger partial charge >= 0.3 is 0 Å². The van der Waals surface area contributed by atoms with Crippen molar-refractivity contribution in [1.82, 2.24) is 9.97 Å². The minimum Gasteiger partial charge on any atom is -0.494 e. The molecule has 0 bridgehead atoms. The number of benzene rings is 1. The summed E-state index contributed by atoms with van der Waals surface area (Å²) in [6, 6.07) is 7.61. The fourth-order valence-electron chi connectivity index (χ4n) is 1.98. The quantitative estimate of drug-likeness (QED) is 0.796. The first-order valence-corrected chi connectivity index (χ1v) is 6.87. The highest BCUT2D eigenvalue weighted by Crippen LogP contribution is 2.37. The van der Waals surface area contributed by atoms with Gasteiger partial charge in [0.1, 0.15) is 34.2 Å². The fraction of sp³-hybridized carbons (Fsp3) is 0.143. The molecule has 0 atom stereocenters. The molecule has 2 aromatic heterocycles. The zero-order chi connectivity index (χ0) is 13.9. The van der Waals surface area contributed by atoms with Crippen LogP contribution in [0.5, 0.6) is 11.5 Å². The van der Waals surface area contributed by atoms with Crippen molar-refractivity contribution >= 4 is 33.1 Å². The van der Waals surface area contributed by atoms with E-state index in [9.17, 15) is 0 Å². The normalized spacial score (nSPS) is 10.5. The van der Waals surface area contributed by atoms with Crippen LogP contribution in [0.2, 0.25) is 0 Å². The zero-order valence-electron chi connectivity index (χ0n) is 11.1. The van der Waals surface area contributed by atoms with E-state index in [-0.39, 0.29) is 0 Å². The summed E-state index contributed by atoms with van der Waals surface area (Å²) in [7, 11) is 3.25. The third-order valence-corrected chi connectivity index (χ3v) is 3.75. The lowest BCUT2D eigenvalue weighted by molar-refractivity contribution is 0.398. The molecule has 0 amide bonds. The molecule has 2 heterocycles. The molecule has 3 aromatic rings. The number of rotatable bonds is 4. The molecule has 0 saturated carbocycles. The van der Waals surface area contributed by atoms with Gasteiger partial charge in [-0.2, -0.15) is 0 Å². The summed E-state index contributed by atoms with van der Waals surface area (Å²) in [4.78, 5) is 9.47. The first-order chi connectivity index (χ1) is 9.83. The molecule has 3 rings (SSSR count). The second-order valence-corrected chi connectivity index (χ2v) is 4.92. The first-order valence-electron chi connectivity index (χ1n) is 5.99. The molecule has 0 aliphatic heterocycles. The van der Waals surface area contributed by atoms with Crippen molar-refractivity contribution in [3.05, 3.63) is 36.0 Å². The van der Waals surface area contributed by atoms with Crippen LogP contribution in [-0.4, -0.2) is 24.2 Å². The van der Waals surface area contributed by atoms with E-state index in [4.69, 9.17) is 9.47 Å². The smallest absolute Gasteiger partial charge is 0.146 e. The van der Waals surface area contributed by atoms with E-state index in [1.54, 1.807) is 31.9 Å². The highest BCUT2D eigenvalue weighted by Gasteiger charge is 2.12. The molecule has 0 aliphatic rings. The molecule has 0 aliphatic carbocycles. The van der Waals surface area contributed by atoms with Crippen molar-refractivity contribution in [2.24, 2.45) is 0 Å². The van der Waals surface area contributed by atoms with E-state index in [1.807, 2.05) is 29.6 Å². The van der Waals surface area contributed by atoms with Crippen molar-refractivity contribution in [3.63, 3.8) is 0 Å². The van der Waals surface area contributed by atoms with Gasteiger partial charge in [0, 0.05) is 0 Å². The molecule has 1 N–H and O–H groups in total. The predicted molar refractivity (Wildman–Crippen MR) is 80.2 cm³/mol. The standard InChI is InChI=1S/C14H13N3O2S/c1-18-10-4-3-5-11(19-2)12(10)17-13-9-6-7-20-14(9)16-8-15-13/h3-8H,1-2H3,(H,15,16,17). The number of thiophene rings is 1. The first kappa shape index (κ1) is 12.7. The van der Waals surface area contributed by atoms with Crippen LogP contribution < -0.4 is 14.8 Å². The van der Waals surface area contributed by atoms with Crippen LogP contribution in [0.25, 0.3) is 10.2 Å². The van der Waals surface area contributed by atoms with E-state index in [0.29, 0.717) is 11.5 Å². The monoisotopic (exact) mass is 287 g/mol. The van der Waals surface area contributed by atoms with Crippen LogP contribution in [0, 0.1) is 0 Å². The van der Waals surface area contributed by atoms with Gasteiger partial charge in [0.05, 0.1) is 19.6 Å². The van der Waals surface area contributed by atoms with Gasteiger partial charge < -0.3 is 14.8 Å². The van der Waals surface area contributed by atoms with Crippen LogP contribution >= 0.6 is 11.3 Å². The number of fused-ring (bicyclic) bond motifs is 1. The van der Waals surface area contributed by atoms with E-state index in [2.05, 4.69) is 15.3 Å². The Hall–Kier alpha value is -2.34. The molecule has 0 radical (unpaired) electrons. The van der Waals surface area contributed by atoms with Gasteiger partial charge in [0.2, 0.25) is 0 Å². The SMILES string of the molecule is COc1cccc(OC)c1Nc1ncnc2sccc12. The number of nitrogens with zero attached hydrogens (tertiary/aromatic N) is 2. The molecule has 5 nitrogen and oxygen atoms in total. The summed E-state index contributed by atoms with van der Waals surface area (Å²) in [5.41, 5.74) is 0.753. The van der Waals surface area contributed by atoms with Crippen LogP contribution in [0.15, 0.2) is 36.0 Å². The summed E-state index contributed by atoms with van der Waals surface area (Å²) >= 11 is 1.58. The molecule has 102 valence electrons. The minimum atomic E-state index is 0.700. The third-order valence-electron chi connectivity index (χ3n) is 2.93. The molecule has 0 saturated heterocycles. The Morgan fingerprint density at radius 3 is 2.50 bits per heavy atom. The van der Waals surface area contributed by atoms with Gasteiger partial charge in [-0.1, -0.05) is 6.07 Å². The number of ether oxygens (including phenoxy) is 2. The van der Waals surface area contributed by atoms with Crippen molar-refractivity contribution in [2.45, 2.75) is 0 Å². The fourth-order valence-corrected chi connectivity index (χ4v) is 2.72. The number of aromatic nitrogens is 2. The van der Waals surface area contributed by atoms with Gasteiger partial charge in [-0.3, -0.25) is 0 Å². The topological polar surface area (TPSA) is 56.3 Å². The summed E-state index contributed by atoms with van der Waals surface area (Å²) < 4.78 is 10.7. The molecule has 0 unspecified atom stereocenters. The van der Waals surface area contributed by atoms with Gasteiger partial charge in [-0.05, 0) is 23.6 Å². The Kier molecular flexibility index (Phi) is 3.39. The summed E-state index contributed by atoms with van der Waals surface area (Å²) in [5, 5.41) is 6.24. The molecular weight excluding hydrogens is 274 g/mol. The van der Waals surface area contributed by atoms with Crippen LogP contribution in [0.1, 0.15) is 0 Å². The Balaban J connectivity index is 2.09. The maximum Gasteiger partial charge on any atom is 0.146 e. The van der Waals surface area contributed by atoms with E-state index in [1.165, 1.54) is 0 Å². The lowest BCUT2D eigenvalue weighted by Crippen LogP contribution is -2.00. The van der Waals surface area contributed by atoms with Gasteiger partial charge in [0.15, 0.2) is 0 Å². The Morgan fingerprint density at radius 1 is 1.05 bits per heavy atom. The molecule has 20 heavy (non-hydrogen) atoms. The van der Waals surface area contributed by atoms with Crippen molar-refractivity contribution in [3.8, 4) is 11.5 Å². The second kappa shape index (κ2) is 5.34. The maximum atomic E-state index is 5.37. The molecular formula is C14H13N3O2S. The summed E-state index contributed by atoms with van der Waals surface area (Å²) in [5.74, 6) is 2.14. The van der Waals surface area contributed by atoms with Crippen molar-refractivity contribution < 1.29 is 9.47 Å². The minimum absolute atomic E-state index is 0.700. The van der Waals surface area contributed by atoms with Crippen LogP contribution in [-0.2, 0) is 0 Å². The van der Waals surface area contributed by atoms with E-state index in [0.717, 1.165) is 21.7 Å². The second-order valence-electron chi connectivity index (χ2n) is 4.02. The lowest BCUT2D eigenvalue weighted by atomic mass is 10.2. The van der Waals surface area contributed by atoms with Crippen LogP contribution in [0.4, 0.5) is 11.5 Å². The number of methoxy groups -OCH3 is 2. The number of nitrogens with one attached hydrogen (secondary N) is 1. The Labute approximate surface area is 120 Å². The number of para-hydroxylation sites is 1. The van der Waals surface area contributed by atoms with Gasteiger partial charge in [-0.15, -0.1) is 11.3 Å². The Morgan fingerprint density at radius 2 is 1.80 bits per heavy atom. The van der Waals surface area contributed by atoms with E-state index < -0.39 is 0 Å². The highest BCUT2D eigenvalue weighted by molar-refractivity contribution is 7.16. The molecule has 1 aromatic carbocycles. The highest BCUT2D eigenvalue weighted by atomic mass is 32.1. The van der Waals surface area contributed by atoms with E-state index >= 15 is 0 Å².